The molecule has 0 saturated heterocycles. The number of allylic oxidation sites excluding steroid dienone is 4. The molecule has 1 aliphatic rings. The van der Waals surface area contributed by atoms with E-state index in [0.29, 0.717) is 0 Å². The van der Waals surface area contributed by atoms with Crippen molar-refractivity contribution in [2.45, 2.75) is 25.7 Å². The second-order valence-electron chi connectivity index (χ2n) is 2.14. The fraction of sp³-hybridized carbons (Fsp3) is 0.400. The molecule has 0 aromatic heterocycles. The van der Waals surface area contributed by atoms with Crippen LogP contribution in [0.2, 0.25) is 0 Å². The van der Waals surface area contributed by atoms with Gasteiger partial charge in [0.2, 0.25) is 0 Å². The van der Waals surface area contributed by atoms with Crippen LogP contribution in [0.25, 0.3) is 0 Å². The summed E-state index contributed by atoms with van der Waals surface area (Å²) >= 11 is 0. The predicted octanol–water partition coefficient (Wildman–Crippen LogP) is 3.57. The van der Waals surface area contributed by atoms with Gasteiger partial charge in [-0.2, -0.15) is 0 Å². The van der Waals surface area contributed by atoms with E-state index < -0.39 is 0 Å². The summed E-state index contributed by atoms with van der Waals surface area (Å²) in [6, 6.07) is 0. The summed E-state index contributed by atoms with van der Waals surface area (Å²) in [5.41, 5.74) is 0. The van der Waals surface area contributed by atoms with Crippen LogP contribution in [0, 0.1) is 14.9 Å². The first-order valence-corrected chi connectivity index (χ1v) is 3.32. The van der Waals surface area contributed by atoms with Crippen molar-refractivity contribution in [2.24, 2.45) is 0 Å². The van der Waals surface area contributed by atoms with Crippen LogP contribution < -0.4 is 0 Å². The van der Waals surface area contributed by atoms with E-state index in [1.807, 2.05) is 0 Å². The molecule has 1 rings (SSSR count). The maximum Gasteiger partial charge on any atom is 2.00 e. The fourth-order valence-corrected chi connectivity index (χ4v) is 0.874. The molecule has 1 heteroatoms. The zero-order valence-electron chi connectivity index (χ0n) is 7.45. The van der Waals surface area contributed by atoms with Crippen LogP contribution in [0.15, 0.2) is 24.3 Å². The summed E-state index contributed by atoms with van der Waals surface area (Å²) in [7, 11) is 0. The third-order valence-electron chi connectivity index (χ3n) is 1.37. The van der Waals surface area contributed by atoms with Crippen LogP contribution in [0.1, 0.15) is 25.7 Å². The minimum absolute atomic E-state index is 0. The average molecular weight is 333 g/mol. The average Bonchev–Trinajstić information content (AvgIpc) is 1.62. The summed E-state index contributed by atoms with van der Waals surface area (Å²) in [4.78, 5) is 0. The molecule has 1 aliphatic carbocycles. The van der Waals surface area contributed by atoms with Gasteiger partial charge >= 0.3 is 21.1 Å². The van der Waals surface area contributed by atoms with Gasteiger partial charge < -0.3 is 14.9 Å². The normalized spacial score (nSPS) is 20.4. The Morgan fingerprint density at radius 3 is 1.45 bits per heavy atom. The maximum absolute atomic E-state index is 2.23. The molecule has 0 unspecified atom stereocenters. The molecule has 0 atom stereocenters. The van der Waals surface area contributed by atoms with Crippen molar-refractivity contribution in [1.29, 1.82) is 0 Å². The molecule has 0 radical (unpaired) electrons. The first kappa shape index (κ1) is 17.3. The monoisotopic (exact) mass is 333 g/mol. The van der Waals surface area contributed by atoms with E-state index in [4.69, 9.17) is 0 Å². The van der Waals surface area contributed by atoms with Crippen LogP contribution in [0.3, 0.4) is 0 Å². The minimum atomic E-state index is 0. The Bertz CT molecular complexity index is 89.4. The number of rotatable bonds is 0. The van der Waals surface area contributed by atoms with Crippen molar-refractivity contribution < 1.29 is 21.1 Å². The second-order valence-corrected chi connectivity index (χ2v) is 2.14. The fourth-order valence-electron chi connectivity index (χ4n) is 0.874. The van der Waals surface area contributed by atoms with Crippen LogP contribution in [-0.4, -0.2) is 0 Å². The summed E-state index contributed by atoms with van der Waals surface area (Å²) in [6.07, 6.45) is 14.0. The van der Waals surface area contributed by atoms with Crippen molar-refractivity contribution in [2.75, 3.05) is 0 Å². The molecule has 0 aliphatic heterocycles. The van der Waals surface area contributed by atoms with E-state index in [1.165, 1.54) is 25.7 Å². The molecule has 68 valence electrons. The first-order valence-electron chi connectivity index (χ1n) is 3.32. The molecule has 0 spiro atoms. The zero-order chi connectivity index (χ0) is 5.66. The van der Waals surface area contributed by atoms with Gasteiger partial charge in [0, 0.05) is 0 Å². The zero-order valence-corrected chi connectivity index (χ0v) is 9.73. The van der Waals surface area contributed by atoms with Gasteiger partial charge in [-0.3, -0.25) is 0 Å². The Morgan fingerprint density at radius 2 is 1.09 bits per heavy atom. The summed E-state index contributed by atoms with van der Waals surface area (Å²) in [6.45, 7) is 0. The van der Waals surface area contributed by atoms with Crippen molar-refractivity contribution in [3.8, 4) is 0 Å². The molecule has 0 amide bonds. The van der Waals surface area contributed by atoms with Gasteiger partial charge in [-0.15, -0.1) is 0 Å². The van der Waals surface area contributed by atoms with Crippen LogP contribution in [-0.2, 0) is 21.1 Å². The maximum atomic E-state index is 2.23. The third kappa shape index (κ3) is 10.2. The SMILES string of the molecule is C1=C\CCCC\C=C/1.[CH3-].[CH3-].[Pt+2]. The molecule has 0 fully saturated rings. The molecule has 0 aromatic carbocycles. The van der Waals surface area contributed by atoms with Crippen LogP contribution in [0.5, 0.6) is 0 Å². The molecule has 0 N–H and O–H groups in total. The van der Waals surface area contributed by atoms with Crippen molar-refractivity contribution in [3.63, 3.8) is 0 Å². The topological polar surface area (TPSA) is 0 Å². The Kier molecular flexibility index (Phi) is 20.2. The van der Waals surface area contributed by atoms with Gasteiger partial charge in [-0.1, -0.05) is 24.3 Å². The van der Waals surface area contributed by atoms with Gasteiger partial charge in [0.25, 0.3) is 0 Å². The van der Waals surface area contributed by atoms with E-state index in [2.05, 4.69) is 24.3 Å². The van der Waals surface area contributed by atoms with Crippen molar-refractivity contribution in [1.82, 2.24) is 0 Å². The van der Waals surface area contributed by atoms with E-state index in [0.717, 1.165) is 0 Å². The first-order chi connectivity index (χ1) is 4.00. The molecular weight excluding hydrogens is 315 g/mol. The Labute approximate surface area is 86.0 Å². The van der Waals surface area contributed by atoms with Gasteiger partial charge in [-0.25, -0.2) is 0 Å². The smallest absolute Gasteiger partial charge is 0.358 e. The third-order valence-corrected chi connectivity index (χ3v) is 1.37. The number of hydrogen-bond donors (Lipinski definition) is 0. The van der Waals surface area contributed by atoms with Gasteiger partial charge in [0.1, 0.15) is 0 Å². The molecule has 0 aromatic rings. The molecule has 11 heavy (non-hydrogen) atoms. The molecule has 0 nitrogen and oxygen atoms in total. The summed E-state index contributed by atoms with van der Waals surface area (Å²) < 4.78 is 0. The number of hydrogen-bond acceptors (Lipinski definition) is 0. The molecule has 0 heterocycles. The molecular formula is C10H18Pt. The van der Waals surface area contributed by atoms with Gasteiger partial charge in [-0.05, 0) is 25.7 Å². The van der Waals surface area contributed by atoms with Crippen LogP contribution >= 0.6 is 0 Å². The van der Waals surface area contributed by atoms with Gasteiger partial charge in [0.05, 0.1) is 0 Å². The van der Waals surface area contributed by atoms with E-state index in [-0.39, 0.29) is 35.9 Å². The Balaban J connectivity index is -0.000000213. The van der Waals surface area contributed by atoms with Crippen molar-refractivity contribution >= 4 is 0 Å². The molecule has 0 saturated carbocycles. The Hall–Kier alpha value is 0.168. The summed E-state index contributed by atoms with van der Waals surface area (Å²) in [5.74, 6) is 0. The van der Waals surface area contributed by atoms with Gasteiger partial charge in [0.15, 0.2) is 0 Å². The van der Waals surface area contributed by atoms with E-state index >= 15 is 0 Å². The molecule has 0 bridgehead atoms. The van der Waals surface area contributed by atoms with E-state index in [1.54, 1.807) is 0 Å². The van der Waals surface area contributed by atoms with Crippen LogP contribution in [0.4, 0.5) is 0 Å². The predicted molar refractivity (Wildman–Crippen MR) is 49.6 cm³/mol. The standard InChI is InChI=1S/C8H12.2CH3.Pt/c1-2-4-6-8-7-5-3-1;;;/h1-4H,5-8H2;2*1H3;/q;2*-1;+2/b3-1-,4-2-;;;. The largest absolute Gasteiger partial charge is 2.00 e. The Morgan fingerprint density at radius 1 is 0.727 bits per heavy atom. The quantitative estimate of drug-likeness (QED) is 0.595. The second kappa shape index (κ2) is 12.8. The van der Waals surface area contributed by atoms with Crippen molar-refractivity contribution in [3.05, 3.63) is 39.2 Å². The van der Waals surface area contributed by atoms with E-state index in [9.17, 15) is 0 Å². The minimum Gasteiger partial charge on any atom is -0.358 e. The summed E-state index contributed by atoms with van der Waals surface area (Å²) in [5, 5.41) is 0.